The number of nitrogens with zero attached hydrogens (tertiary/aromatic N) is 2. The summed E-state index contributed by atoms with van der Waals surface area (Å²) in [4.78, 5) is 8.77. The van der Waals surface area contributed by atoms with Crippen LogP contribution in [0.4, 0.5) is 0 Å². The van der Waals surface area contributed by atoms with Crippen LogP contribution in [0.25, 0.3) is 77.2 Å². The molecule has 0 aliphatic carbocycles. The lowest BCUT2D eigenvalue weighted by Gasteiger charge is -2.19. The molecule has 218 valence electrons. The average Bonchev–Trinajstić information content (AvgIpc) is 3.11. The van der Waals surface area contributed by atoms with E-state index in [1.54, 1.807) is 0 Å². The second kappa shape index (κ2) is 11.6. The molecule has 0 aliphatic rings. The van der Waals surface area contributed by atoms with Crippen LogP contribution < -0.4 is 0 Å². The SMILES string of the molecule is Cc1cc(-c2ccc(-c3c4ccccc4c(-c4ccc(-c5ccnc(C)c5)cc4)c4cc(-c5ccccc5)ccc34)cc2)ccn1. The van der Waals surface area contributed by atoms with E-state index in [-0.39, 0.29) is 0 Å². The van der Waals surface area contributed by atoms with Gasteiger partial charge in [-0.25, -0.2) is 0 Å². The Labute approximate surface area is 269 Å². The van der Waals surface area contributed by atoms with Gasteiger partial charge in [-0.15, -0.1) is 0 Å². The number of hydrogen-bond acceptors (Lipinski definition) is 2. The zero-order valence-electron chi connectivity index (χ0n) is 25.9. The molecule has 0 N–H and O–H groups in total. The molecule has 0 saturated carbocycles. The van der Waals surface area contributed by atoms with Gasteiger partial charge in [0.25, 0.3) is 0 Å². The van der Waals surface area contributed by atoms with Crippen LogP contribution in [-0.4, -0.2) is 9.97 Å². The van der Waals surface area contributed by atoms with E-state index in [2.05, 4.69) is 156 Å². The molecular weight excluding hydrogens is 556 g/mol. The van der Waals surface area contributed by atoms with Crippen LogP contribution in [0.2, 0.25) is 0 Å². The number of fused-ring (bicyclic) bond motifs is 2. The average molecular weight is 589 g/mol. The largest absolute Gasteiger partial charge is 0.262 e. The number of hydrogen-bond donors (Lipinski definition) is 0. The Kier molecular flexibility index (Phi) is 6.96. The molecule has 0 spiro atoms. The minimum absolute atomic E-state index is 1.02. The van der Waals surface area contributed by atoms with E-state index in [1.807, 2.05) is 26.2 Å². The van der Waals surface area contributed by atoms with Crippen molar-refractivity contribution in [2.24, 2.45) is 0 Å². The fraction of sp³-hybridized carbons (Fsp3) is 0.0455. The number of benzene rings is 6. The first-order chi connectivity index (χ1) is 22.6. The summed E-state index contributed by atoms with van der Waals surface area (Å²) in [6.07, 6.45) is 3.77. The maximum atomic E-state index is 4.39. The Morgan fingerprint density at radius 3 is 1.22 bits per heavy atom. The molecule has 0 radical (unpaired) electrons. The van der Waals surface area contributed by atoms with E-state index >= 15 is 0 Å². The van der Waals surface area contributed by atoms with Crippen LogP contribution in [0, 0.1) is 13.8 Å². The van der Waals surface area contributed by atoms with Gasteiger partial charge in [0.2, 0.25) is 0 Å². The molecular formula is C44H32N2. The fourth-order valence-corrected chi connectivity index (χ4v) is 6.72. The van der Waals surface area contributed by atoms with Crippen molar-refractivity contribution >= 4 is 21.5 Å². The van der Waals surface area contributed by atoms with Crippen LogP contribution >= 0.6 is 0 Å². The molecule has 2 heteroatoms. The summed E-state index contributed by atoms with van der Waals surface area (Å²) in [5.41, 5.74) is 14.1. The van der Waals surface area contributed by atoms with Crippen molar-refractivity contribution in [3.8, 4) is 55.6 Å². The highest BCUT2D eigenvalue weighted by Crippen LogP contribution is 2.45. The highest BCUT2D eigenvalue weighted by molar-refractivity contribution is 6.22. The minimum Gasteiger partial charge on any atom is -0.262 e. The van der Waals surface area contributed by atoms with Gasteiger partial charge < -0.3 is 0 Å². The lowest BCUT2D eigenvalue weighted by molar-refractivity contribution is 1.20. The van der Waals surface area contributed by atoms with Crippen LogP contribution in [0.15, 0.2) is 158 Å². The topological polar surface area (TPSA) is 25.8 Å². The highest BCUT2D eigenvalue weighted by Gasteiger charge is 2.18. The lowest BCUT2D eigenvalue weighted by atomic mass is 9.84. The molecule has 0 atom stereocenters. The summed E-state index contributed by atoms with van der Waals surface area (Å²) in [6.45, 7) is 4.07. The van der Waals surface area contributed by atoms with E-state index in [4.69, 9.17) is 0 Å². The summed E-state index contributed by atoms with van der Waals surface area (Å²) in [5.74, 6) is 0. The lowest BCUT2D eigenvalue weighted by Crippen LogP contribution is -1.92. The molecule has 0 bridgehead atoms. The molecule has 0 saturated heterocycles. The van der Waals surface area contributed by atoms with E-state index < -0.39 is 0 Å². The number of rotatable bonds is 5. The van der Waals surface area contributed by atoms with E-state index in [0.717, 1.165) is 11.4 Å². The summed E-state index contributed by atoms with van der Waals surface area (Å²) in [7, 11) is 0. The van der Waals surface area contributed by atoms with Gasteiger partial charge in [0, 0.05) is 23.8 Å². The predicted molar refractivity (Wildman–Crippen MR) is 194 cm³/mol. The molecule has 2 nitrogen and oxygen atoms in total. The number of aryl methyl sites for hydroxylation is 2. The number of aromatic nitrogens is 2. The third kappa shape index (κ3) is 5.04. The van der Waals surface area contributed by atoms with Crippen molar-refractivity contribution < 1.29 is 0 Å². The normalized spacial score (nSPS) is 11.3. The van der Waals surface area contributed by atoms with Gasteiger partial charge in [-0.05, 0) is 121 Å². The standard InChI is InChI=1S/C44H32N2/c1-29-26-37(22-24-45-29)32-12-16-34(17-13-32)43-39-10-6-7-11-40(39)44(35-18-14-33(15-19-35)38-23-25-46-30(2)27-38)42-28-36(20-21-41(42)43)31-8-4-3-5-9-31/h3-28H,1-2H3. The van der Waals surface area contributed by atoms with E-state index in [1.165, 1.54) is 77.2 Å². The monoisotopic (exact) mass is 588 g/mol. The zero-order chi connectivity index (χ0) is 31.0. The quantitative estimate of drug-likeness (QED) is 0.187. The molecule has 6 aromatic carbocycles. The first-order valence-corrected chi connectivity index (χ1v) is 15.7. The van der Waals surface area contributed by atoms with Crippen molar-refractivity contribution in [1.82, 2.24) is 9.97 Å². The molecule has 46 heavy (non-hydrogen) atoms. The van der Waals surface area contributed by atoms with Crippen molar-refractivity contribution in [2.45, 2.75) is 13.8 Å². The second-order valence-corrected chi connectivity index (χ2v) is 11.9. The Morgan fingerprint density at radius 2 is 0.696 bits per heavy atom. The molecule has 2 aromatic heterocycles. The van der Waals surface area contributed by atoms with Gasteiger partial charge in [0.15, 0.2) is 0 Å². The van der Waals surface area contributed by atoms with E-state index in [9.17, 15) is 0 Å². The Hall–Kier alpha value is -5.86. The van der Waals surface area contributed by atoms with Crippen LogP contribution in [-0.2, 0) is 0 Å². The molecule has 0 amide bonds. The third-order valence-electron chi connectivity index (χ3n) is 8.94. The summed E-state index contributed by atoms with van der Waals surface area (Å²) < 4.78 is 0. The molecule has 8 aromatic rings. The maximum Gasteiger partial charge on any atom is 0.0378 e. The number of pyridine rings is 2. The first-order valence-electron chi connectivity index (χ1n) is 15.7. The van der Waals surface area contributed by atoms with Gasteiger partial charge in [-0.1, -0.05) is 115 Å². The van der Waals surface area contributed by atoms with Gasteiger partial charge in [-0.2, -0.15) is 0 Å². The second-order valence-electron chi connectivity index (χ2n) is 11.9. The predicted octanol–water partition coefficient (Wildman–Crippen LogP) is 11.7. The smallest absolute Gasteiger partial charge is 0.0378 e. The van der Waals surface area contributed by atoms with Crippen molar-refractivity contribution in [1.29, 1.82) is 0 Å². The van der Waals surface area contributed by atoms with Gasteiger partial charge in [-0.3, -0.25) is 9.97 Å². The Morgan fingerprint density at radius 1 is 0.304 bits per heavy atom. The van der Waals surface area contributed by atoms with Crippen molar-refractivity contribution in [2.75, 3.05) is 0 Å². The van der Waals surface area contributed by atoms with Gasteiger partial charge >= 0.3 is 0 Å². The Bertz CT molecular complexity index is 2350. The third-order valence-corrected chi connectivity index (χ3v) is 8.94. The fourth-order valence-electron chi connectivity index (χ4n) is 6.72. The molecule has 0 unspecified atom stereocenters. The summed E-state index contributed by atoms with van der Waals surface area (Å²) in [5, 5.41) is 4.99. The molecule has 2 heterocycles. The molecule has 8 rings (SSSR count). The first kappa shape index (κ1) is 27.7. The minimum atomic E-state index is 1.02. The van der Waals surface area contributed by atoms with Crippen molar-refractivity contribution in [3.63, 3.8) is 0 Å². The van der Waals surface area contributed by atoms with Crippen LogP contribution in [0.5, 0.6) is 0 Å². The van der Waals surface area contributed by atoms with Crippen LogP contribution in [0.1, 0.15) is 11.4 Å². The zero-order valence-corrected chi connectivity index (χ0v) is 25.9. The molecule has 0 aliphatic heterocycles. The van der Waals surface area contributed by atoms with E-state index in [0.29, 0.717) is 0 Å². The van der Waals surface area contributed by atoms with Gasteiger partial charge in [0.05, 0.1) is 0 Å². The van der Waals surface area contributed by atoms with Crippen molar-refractivity contribution in [3.05, 3.63) is 169 Å². The maximum absolute atomic E-state index is 4.39. The Balaban J connectivity index is 1.36. The van der Waals surface area contributed by atoms with Gasteiger partial charge in [0.1, 0.15) is 0 Å². The molecule has 0 fully saturated rings. The van der Waals surface area contributed by atoms with Crippen LogP contribution in [0.3, 0.4) is 0 Å². The summed E-state index contributed by atoms with van der Waals surface area (Å²) in [6, 6.07) is 52.9. The summed E-state index contributed by atoms with van der Waals surface area (Å²) >= 11 is 0. The highest BCUT2D eigenvalue weighted by atomic mass is 14.7.